The molecule has 4 heterocycles. The van der Waals surface area contributed by atoms with Crippen LogP contribution in [0.2, 0.25) is 0 Å². The molecule has 3 aromatic rings. The van der Waals surface area contributed by atoms with Crippen LogP contribution in [0.5, 0.6) is 0 Å². The fourth-order valence-electron chi connectivity index (χ4n) is 5.58. The fourth-order valence-corrected chi connectivity index (χ4v) is 5.96. The summed E-state index contributed by atoms with van der Waals surface area (Å²) in [5.74, 6) is 1.00. The zero-order valence-electron chi connectivity index (χ0n) is 19.1. The normalized spacial score (nSPS) is 21.7. The molecular weight excluding hydrogens is 414 g/mol. The van der Waals surface area contributed by atoms with Crippen LogP contribution in [0.4, 0.5) is 0 Å². The largest absolute Gasteiger partial charge is 0.352 e. The number of nitrogens with one attached hydrogen (secondary N) is 1. The van der Waals surface area contributed by atoms with Crippen molar-refractivity contribution in [2.45, 2.75) is 71.0 Å². The third-order valence-corrected chi connectivity index (χ3v) is 7.41. The lowest BCUT2D eigenvalue weighted by Crippen LogP contribution is -2.40. The Kier molecular flexibility index (Phi) is 5.72. The lowest BCUT2D eigenvalue weighted by atomic mass is 9.90. The van der Waals surface area contributed by atoms with Gasteiger partial charge in [-0.3, -0.25) is 4.98 Å². The fraction of sp³-hybridized carbons (Fsp3) is 0.423. The molecule has 1 N–H and O–H groups in total. The first-order valence-corrected chi connectivity index (χ1v) is 12.1. The number of pyridine rings is 2. The van der Waals surface area contributed by atoms with Crippen LogP contribution in [0.25, 0.3) is 5.82 Å². The minimum absolute atomic E-state index is 0.0319. The molecule has 1 saturated heterocycles. The van der Waals surface area contributed by atoms with E-state index in [4.69, 9.17) is 22.2 Å². The molecular formula is C26H31N5S. The molecule has 0 amide bonds. The first kappa shape index (κ1) is 21.1. The average Bonchev–Trinajstić information content (AvgIpc) is 3.31. The van der Waals surface area contributed by atoms with Crippen LogP contribution in [-0.2, 0) is 0 Å². The highest BCUT2D eigenvalue weighted by Crippen LogP contribution is 2.44. The molecule has 166 valence electrons. The van der Waals surface area contributed by atoms with Gasteiger partial charge in [0.05, 0.1) is 17.8 Å². The SMILES string of the molecule is Cc1cccnc1-n1c(C)cc([C@H]2[C@@H](c3ccccn3)NC(=S)N2C2CCCCC2)c1C. The summed E-state index contributed by atoms with van der Waals surface area (Å²) in [7, 11) is 0. The first-order chi connectivity index (χ1) is 15.6. The zero-order chi connectivity index (χ0) is 22.2. The summed E-state index contributed by atoms with van der Waals surface area (Å²) in [5, 5.41) is 4.50. The van der Waals surface area contributed by atoms with Crippen LogP contribution in [0.3, 0.4) is 0 Å². The summed E-state index contributed by atoms with van der Waals surface area (Å²) in [6.07, 6.45) is 10.0. The maximum absolute atomic E-state index is 5.94. The van der Waals surface area contributed by atoms with Gasteiger partial charge in [-0.25, -0.2) is 4.98 Å². The molecule has 1 aliphatic heterocycles. The van der Waals surface area contributed by atoms with Gasteiger partial charge in [0.2, 0.25) is 0 Å². The molecule has 32 heavy (non-hydrogen) atoms. The quantitative estimate of drug-likeness (QED) is 0.538. The second-order valence-corrected chi connectivity index (χ2v) is 9.52. The standard InChI is InChI=1S/C26H31N5S/c1-17-10-9-15-28-25(17)30-18(2)16-21(19(30)3)24-23(22-13-7-8-14-27-22)29-26(32)31(24)20-11-5-4-6-12-20/h7-10,13-16,20,23-24H,4-6,11-12H2,1-3H3,(H,29,32)/t23-,24+/m1/s1. The monoisotopic (exact) mass is 445 g/mol. The van der Waals surface area contributed by atoms with Crippen molar-refractivity contribution in [2.24, 2.45) is 0 Å². The average molecular weight is 446 g/mol. The van der Waals surface area contributed by atoms with E-state index < -0.39 is 0 Å². The first-order valence-electron chi connectivity index (χ1n) is 11.7. The molecule has 0 radical (unpaired) electrons. The second-order valence-electron chi connectivity index (χ2n) is 9.13. The highest BCUT2D eigenvalue weighted by Gasteiger charge is 2.44. The number of aromatic nitrogens is 3. The van der Waals surface area contributed by atoms with E-state index in [0.29, 0.717) is 6.04 Å². The molecule has 0 aromatic carbocycles. The van der Waals surface area contributed by atoms with Gasteiger partial charge in [0, 0.05) is 29.8 Å². The van der Waals surface area contributed by atoms with E-state index in [1.807, 2.05) is 24.5 Å². The Balaban J connectivity index is 1.64. The molecule has 5 nitrogen and oxygen atoms in total. The lowest BCUT2D eigenvalue weighted by molar-refractivity contribution is 0.197. The minimum Gasteiger partial charge on any atom is -0.352 e. The Bertz CT molecular complexity index is 1120. The van der Waals surface area contributed by atoms with E-state index in [1.165, 1.54) is 54.6 Å². The summed E-state index contributed by atoms with van der Waals surface area (Å²) >= 11 is 5.94. The van der Waals surface area contributed by atoms with Crippen molar-refractivity contribution in [2.75, 3.05) is 0 Å². The van der Waals surface area contributed by atoms with Gasteiger partial charge in [-0.1, -0.05) is 31.4 Å². The second kappa shape index (κ2) is 8.66. The number of nitrogens with zero attached hydrogens (tertiary/aromatic N) is 4. The molecule has 5 rings (SSSR count). The predicted molar refractivity (Wildman–Crippen MR) is 132 cm³/mol. The van der Waals surface area contributed by atoms with Gasteiger partial charge in [0.15, 0.2) is 5.11 Å². The highest BCUT2D eigenvalue weighted by atomic mass is 32.1. The smallest absolute Gasteiger partial charge is 0.170 e. The van der Waals surface area contributed by atoms with Gasteiger partial charge in [-0.15, -0.1) is 0 Å². The Morgan fingerprint density at radius 3 is 2.47 bits per heavy atom. The zero-order valence-corrected chi connectivity index (χ0v) is 19.9. The van der Waals surface area contributed by atoms with Crippen LogP contribution >= 0.6 is 12.2 Å². The van der Waals surface area contributed by atoms with Gasteiger partial charge in [-0.2, -0.15) is 0 Å². The van der Waals surface area contributed by atoms with Crippen molar-refractivity contribution >= 4 is 17.3 Å². The molecule has 6 heteroatoms. The molecule has 2 aliphatic rings. The number of thiocarbonyl (C=S) groups is 1. The maximum Gasteiger partial charge on any atom is 0.170 e. The van der Waals surface area contributed by atoms with Crippen molar-refractivity contribution in [3.8, 4) is 5.82 Å². The van der Waals surface area contributed by atoms with E-state index in [2.05, 4.69) is 59.8 Å². The lowest BCUT2D eigenvalue weighted by Gasteiger charge is -2.37. The van der Waals surface area contributed by atoms with Crippen LogP contribution in [0.1, 0.15) is 72.4 Å². The Morgan fingerprint density at radius 1 is 0.969 bits per heavy atom. The van der Waals surface area contributed by atoms with Gasteiger partial charge in [-0.05, 0) is 81.2 Å². The number of rotatable bonds is 4. The molecule has 1 aliphatic carbocycles. The summed E-state index contributed by atoms with van der Waals surface area (Å²) in [6, 6.07) is 13.2. The predicted octanol–water partition coefficient (Wildman–Crippen LogP) is 5.50. The van der Waals surface area contributed by atoms with Crippen LogP contribution in [0.15, 0.2) is 48.8 Å². The van der Waals surface area contributed by atoms with Crippen molar-refractivity contribution in [3.63, 3.8) is 0 Å². The molecule has 1 saturated carbocycles. The highest BCUT2D eigenvalue weighted by molar-refractivity contribution is 7.80. The Morgan fingerprint density at radius 2 is 1.75 bits per heavy atom. The van der Waals surface area contributed by atoms with Gasteiger partial charge >= 0.3 is 0 Å². The molecule has 0 spiro atoms. The van der Waals surface area contributed by atoms with E-state index in [0.717, 1.165) is 16.6 Å². The van der Waals surface area contributed by atoms with Gasteiger partial charge in [0.1, 0.15) is 5.82 Å². The van der Waals surface area contributed by atoms with E-state index in [9.17, 15) is 0 Å². The molecule has 0 unspecified atom stereocenters. The topological polar surface area (TPSA) is 46.0 Å². The van der Waals surface area contributed by atoms with Crippen LogP contribution in [-0.4, -0.2) is 30.6 Å². The van der Waals surface area contributed by atoms with Crippen molar-refractivity contribution < 1.29 is 0 Å². The van der Waals surface area contributed by atoms with E-state index >= 15 is 0 Å². The van der Waals surface area contributed by atoms with Gasteiger partial charge in [0.25, 0.3) is 0 Å². The Labute approximate surface area is 195 Å². The summed E-state index contributed by atoms with van der Waals surface area (Å²) in [5.41, 5.74) is 5.94. The molecule has 2 fully saturated rings. The van der Waals surface area contributed by atoms with Crippen molar-refractivity contribution in [3.05, 3.63) is 77.0 Å². The number of hydrogen-bond acceptors (Lipinski definition) is 3. The number of hydrogen-bond donors (Lipinski definition) is 1. The van der Waals surface area contributed by atoms with E-state index in [-0.39, 0.29) is 12.1 Å². The van der Waals surface area contributed by atoms with Crippen molar-refractivity contribution in [1.29, 1.82) is 0 Å². The molecule has 3 aromatic heterocycles. The van der Waals surface area contributed by atoms with E-state index in [1.54, 1.807) is 0 Å². The number of aryl methyl sites for hydroxylation is 2. The van der Waals surface area contributed by atoms with Gasteiger partial charge < -0.3 is 14.8 Å². The third-order valence-electron chi connectivity index (χ3n) is 7.09. The minimum atomic E-state index is 0.0319. The molecule has 0 bridgehead atoms. The maximum atomic E-state index is 5.94. The third kappa shape index (κ3) is 3.60. The molecule has 2 atom stereocenters. The summed E-state index contributed by atoms with van der Waals surface area (Å²) in [6.45, 7) is 6.51. The Hall–Kier alpha value is -2.73. The summed E-state index contributed by atoms with van der Waals surface area (Å²) < 4.78 is 2.29. The van der Waals surface area contributed by atoms with Crippen molar-refractivity contribution in [1.82, 2.24) is 24.8 Å². The summed E-state index contributed by atoms with van der Waals surface area (Å²) in [4.78, 5) is 11.9. The van der Waals surface area contributed by atoms with Crippen LogP contribution < -0.4 is 5.32 Å². The van der Waals surface area contributed by atoms with Crippen LogP contribution in [0, 0.1) is 20.8 Å².